The fourth-order valence-corrected chi connectivity index (χ4v) is 2.52. The van der Waals surface area contributed by atoms with Crippen LogP contribution >= 0.6 is 0 Å². The van der Waals surface area contributed by atoms with Gasteiger partial charge in [0.25, 0.3) is 0 Å². The van der Waals surface area contributed by atoms with Crippen molar-refractivity contribution in [3.63, 3.8) is 0 Å². The zero-order valence-electron chi connectivity index (χ0n) is 10.3. The summed E-state index contributed by atoms with van der Waals surface area (Å²) in [5.74, 6) is 0.499. The number of anilines is 2. The minimum absolute atomic E-state index is 0.0180. The van der Waals surface area contributed by atoms with Gasteiger partial charge < -0.3 is 10.6 Å². The molecule has 1 amide bonds. The lowest BCUT2D eigenvalue weighted by molar-refractivity contribution is -0.114. The van der Waals surface area contributed by atoms with Gasteiger partial charge in [0.15, 0.2) is 0 Å². The number of aryl methyl sites for hydroxylation is 2. The predicted molar refractivity (Wildman–Crippen MR) is 67.1 cm³/mol. The second kappa shape index (κ2) is 3.81. The lowest BCUT2D eigenvalue weighted by atomic mass is 9.95. The van der Waals surface area contributed by atoms with Gasteiger partial charge in [-0.15, -0.1) is 0 Å². The molecule has 1 atom stereocenters. The average molecular weight is 218 g/mol. The smallest absolute Gasteiger partial charge is 0.221 e. The fraction of sp³-hybridized carbons (Fsp3) is 0.462. The first-order valence-corrected chi connectivity index (χ1v) is 5.66. The van der Waals surface area contributed by atoms with Gasteiger partial charge in [-0.2, -0.15) is 0 Å². The molecule has 1 aliphatic heterocycles. The number of hydrogen-bond acceptors (Lipinski definition) is 2. The van der Waals surface area contributed by atoms with Gasteiger partial charge in [0.05, 0.1) is 11.4 Å². The summed E-state index contributed by atoms with van der Waals surface area (Å²) >= 11 is 0. The van der Waals surface area contributed by atoms with E-state index < -0.39 is 0 Å². The van der Waals surface area contributed by atoms with Crippen molar-refractivity contribution in [2.45, 2.75) is 33.6 Å². The van der Waals surface area contributed by atoms with Crippen LogP contribution in [0.3, 0.4) is 0 Å². The number of carbonyl (C=O) groups excluding carboxylic acids is 1. The van der Waals surface area contributed by atoms with Crippen molar-refractivity contribution in [3.8, 4) is 0 Å². The topological polar surface area (TPSA) is 41.1 Å². The Labute approximate surface area is 96.2 Å². The van der Waals surface area contributed by atoms with Crippen molar-refractivity contribution in [1.82, 2.24) is 0 Å². The number of nitrogens with one attached hydrogen (secondary N) is 2. The number of carbonyl (C=O) groups is 1. The lowest BCUT2D eigenvalue weighted by Gasteiger charge is -2.15. The highest BCUT2D eigenvalue weighted by molar-refractivity contribution is 5.95. The monoisotopic (exact) mass is 218 g/mol. The Morgan fingerprint density at radius 1 is 1.44 bits per heavy atom. The van der Waals surface area contributed by atoms with Gasteiger partial charge in [0, 0.05) is 19.4 Å². The molecule has 0 aliphatic carbocycles. The van der Waals surface area contributed by atoms with Crippen molar-refractivity contribution < 1.29 is 4.79 Å². The van der Waals surface area contributed by atoms with E-state index in [1.807, 2.05) is 6.92 Å². The van der Waals surface area contributed by atoms with E-state index in [4.69, 9.17) is 0 Å². The van der Waals surface area contributed by atoms with Gasteiger partial charge in [-0.1, -0.05) is 13.0 Å². The summed E-state index contributed by atoms with van der Waals surface area (Å²) in [6, 6.07) is 2.15. The van der Waals surface area contributed by atoms with E-state index in [-0.39, 0.29) is 5.91 Å². The van der Waals surface area contributed by atoms with E-state index in [1.54, 1.807) is 6.92 Å². The molecule has 0 saturated heterocycles. The van der Waals surface area contributed by atoms with Crippen LogP contribution in [0.4, 0.5) is 11.4 Å². The molecule has 1 aromatic rings. The first-order valence-electron chi connectivity index (χ1n) is 5.66. The van der Waals surface area contributed by atoms with Crippen LogP contribution in [-0.2, 0) is 4.79 Å². The van der Waals surface area contributed by atoms with Crippen LogP contribution < -0.4 is 10.6 Å². The third-order valence-electron chi connectivity index (χ3n) is 3.15. The van der Waals surface area contributed by atoms with Gasteiger partial charge in [0.2, 0.25) is 5.91 Å². The van der Waals surface area contributed by atoms with Gasteiger partial charge in [-0.3, -0.25) is 4.79 Å². The zero-order chi connectivity index (χ0) is 11.9. The van der Waals surface area contributed by atoms with Crippen LogP contribution in [0.15, 0.2) is 6.07 Å². The largest absolute Gasteiger partial charge is 0.383 e. The van der Waals surface area contributed by atoms with Crippen LogP contribution in [0.25, 0.3) is 0 Å². The molecule has 0 fully saturated rings. The highest BCUT2D eigenvalue weighted by Crippen LogP contribution is 2.41. The molecule has 0 aromatic heterocycles. The number of fused-ring (bicyclic) bond motifs is 1. The van der Waals surface area contributed by atoms with Crippen molar-refractivity contribution in [2.24, 2.45) is 0 Å². The molecule has 0 saturated carbocycles. The molecule has 0 bridgehead atoms. The maximum absolute atomic E-state index is 11.2. The van der Waals surface area contributed by atoms with Gasteiger partial charge in [-0.05, 0) is 30.5 Å². The molecule has 2 rings (SSSR count). The average Bonchev–Trinajstić information content (AvgIpc) is 2.55. The maximum atomic E-state index is 11.2. The summed E-state index contributed by atoms with van der Waals surface area (Å²) in [7, 11) is 0. The van der Waals surface area contributed by atoms with Gasteiger partial charge in [0.1, 0.15) is 0 Å². The standard InChI is InChI=1S/C13H18N2O/c1-7-5-8(2)12(15-10(4)16)13-11(7)9(3)6-14-13/h5,9,14H,6H2,1-4H3,(H,15,16). The lowest BCUT2D eigenvalue weighted by Crippen LogP contribution is -2.09. The molecule has 0 radical (unpaired) electrons. The van der Waals surface area contributed by atoms with Crippen LogP contribution in [0.5, 0.6) is 0 Å². The zero-order valence-corrected chi connectivity index (χ0v) is 10.3. The Morgan fingerprint density at radius 3 is 2.75 bits per heavy atom. The van der Waals surface area contributed by atoms with Crippen molar-refractivity contribution >= 4 is 17.3 Å². The van der Waals surface area contributed by atoms with Gasteiger partial charge in [-0.25, -0.2) is 0 Å². The Balaban J connectivity index is 2.57. The van der Waals surface area contributed by atoms with Crippen molar-refractivity contribution in [3.05, 3.63) is 22.8 Å². The van der Waals surface area contributed by atoms with Crippen LogP contribution in [0.2, 0.25) is 0 Å². The van der Waals surface area contributed by atoms with E-state index in [0.29, 0.717) is 5.92 Å². The van der Waals surface area contributed by atoms with Crippen molar-refractivity contribution in [1.29, 1.82) is 0 Å². The van der Waals surface area contributed by atoms with Crippen LogP contribution in [-0.4, -0.2) is 12.5 Å². The molecule has 3 nitrogen and oxygen atoms in total. The summed E-state index contributed by atoms with van der Waals surface area (Å²) in [4.78, 5) is 11.2. The third kappa shape index (κ3) is 1.66. The second-order valence-electron chi connectivity index (χ2n) is 4.64. The molecule has 1 unspecified atom stereocenters. The minimum atomic E-state index is -0.0180. The molecule has 1 aliphatic rings. The Kier molecular flexibility index (Phi) is 2.62. The molecule has 16 heavy (non-hydrogen) atoms. The van der Waals surface area contributed by atoms with Crippen LogP contribution in [0, 0.1) is 13.8 Å². The molecule has 1 heterocycles. The molecule has 2 N–H and O–H groups in total. The Hall–Kier alpha value is -1.51. The molecule has 86 valence electrons. The fourth-order valence-electron chi connectivity index (χ4n) is 2.52. The van der Waals surface area contributed by atoms with E-state index in [9.17, 15) is 4.79 Å². The Bertz CT molecular complexity index is 452. The minimum Gasteiger partial charge on any atom is -0.383 e. The molecule has 1 aromatic carbocycles. The second-order valence-corrected chi connectivity index (χ2v) is 4.64. The van der Waals surface area contributed by atoms with E-state index in [0.717, 1.165) is 23.5 Å². The van der Waals surface area contributed by atoms with Crippen LogP contribution in [0.1, 0.15) is 36.5 Å². The molecular weight excluding hydrogens is 200 g/mol. The third-order valence-corrected chi connectivity index (χ3v) is 3.15. The number of hydrogen-bond donors (Lipinski definition) is 2. The first-order chi connectivity index (χ1) is 7.50. The summed E-state index contributed by atoms with van der Waals surface area (Å²) in [6.45, 7) is 8.87. The highest BCUT2D eigenvalue weighted by Gasteiger charge is 2.24. The molecule has 0 spiro atoms. The highest BCUT2D eigenvalue weighted by atomic mass is 16.1. The number of rotatable bonds is 1. The molecular formula is C13H18N2O. The first kappa shape index (κ1) is 11.0. The summed E-state index contributed by atoms with van der Waals surface area (Å²) < 4.78 is 0. The SMILES string of the molecule is CC(=O)Nc1c(C)cc(C)c2c1NCC2C. The summed E-state index contributed by atoms with van der Waals surface area (Å²) in [5, 5.41) is 6.31. The number of benzene rings is 1. The predicted octanol–water partition coefficient (Wildman–Crippen LogP) is 2.79. The molecule has 3 heteroatoms. The van der Waals surface area contributed by atoms with Crippen molar-refractivity contribution in [2.75, 3.05) is 17.2 Å². The van der Waals surface area contributed by atoms with E-state index in [2.05, 4.69) is 30.5 Å². The van der Waals surface area contributed by atoms with Gasteiger partial charge >= 0.3 is 0 Å². The summed E-state index contributed by atoms with van der Waals surface area (Å²) in [5.41, 5.74) is 5.82. The maximum Gasteiger partial charge on any atom is 0.221 e. The van der Waals surface area contributed by atoms with E-state index in [1.165, 1.54) is 11.1 Å². The van der Waals surface area contributed by atoms with E-state index >= 15 is 0 Å². The normalized spacial score (nSPS) is 17.9. The number of amides is 1. The Morgan fingerprint density at radius 2 is 2.12 bits per heavy atom. The quantitative estimate of drug-likeness (QED) is 0.761. The summed E-state index contributed by atoms with van der Waals surface area (Å²) in [6.07, 6.45) is 0.